The van der Waals surface area contributed by atoms with E-state index < -0.39 is 5.54 Å². The van der Waals surface area contributed by atoms with Crippen molar-refractivity contribution in [3.05, 3.63) is 0 Å². The molecule has 1 saturated carbocycles. The van der Waals surface area contributed by atoms with Crippen molar-refractivity contribution >= 4 is 40.8 Å². The van der Waals surface area contributed by atoms with E-state index in [0.29, 0.717) is 0 Å². The van der Waals surface area contributed by atoms with Gasteiger partial charge in [-0.1, -0.05) is 61.0 Å². The van der Waals surface area contributed by atoms with E-state index in [4.69, 9.17) is 0 Å². The molecule has 1 heterocycles. The Morgan fingerprint density at radius 2 is 2.00 bits per heavy atom. The zero-order chi connectivity index (χ0) is 15.8. The molecule has 0 aliphatic heterocycles. The number of carbonyl (C=O) groups excluding carboxylic acids is 1. The van der Waals surface area contributed by atoms with Crippen molar-refractivity contribution in [3.8, 4) is 6.07 Å². The SMILES string of the molecule is CCCSc1nnc(SCC(=O)NC2(C#N)CCCCC2)s1. The van der Waals surface area contributed by atoms with Gasteiger partial charge in [-0.05, 0) is 19.3 Å². The predicted octanol–water partition coefficient (Wildman–Crippen LogP) is 3.47. The molecule has 8 heteroatoms. The lowest BCUT2D eigenvalue weighted by atomic mass is 9.83. The molecule has 0 unspecified atom stereocenters. The van der Waals surface area contributed by atoms with Crippen LogP contribution in [0.15, 0.2) is 8.68 Å². The maximum absolute atomic E-state index is 12.1. The van der Waals surface area contributed by atoms with Crippen molar-refractivity contribution < 1.29 is 4.79 Å². The highest BCUT2D eigenvalue weighted by atomic mass is 32.2. The van der Waals surface area contributed by atoms with E-state index >= 15 is 0 Å². The minimum Gasteiger partial charge on any atom is -0.337 e. The molecule has 1 fully saturated rings. The molecule has 5 nitrogen and oxygen atoms in total. The molecule has 0 aromatic carbocycles. The molecule has 0 saturated heterocycles. The number of thioether (sulfide) groups is 2. The summed E-state index contributed by atoms with van der Waals surface area (Å²) in [4.78, 5) is 12.1. The molecule has 22 heavy (non-hydrogen) atoms. The van der Waals surface area contributed by atoms with Crippen LogP contribution in [0.1, 0.15) is 45.4 Å². The lowest BCUT2D eigenvalue weighted by Gasteiger charge is -2.31. The van der Waals surface area contributed by atoms with Gasteiger partial charge in [0.1, 0.15) is 5.54 Å². The van der Waals surface area contributed by atoms with Crippen LogP contribution >= 0.6 is 34.9 Å². The van der Waals surface area contributed by atoms with Gasteiger partial charge in [-0.15, -0.1) is 10.2 Å². The van der Waals surface area contributed by atoms with Crippen LogP contribution in [0.2, 0.25) is 0 Å². The molecule has 0 spiro atoms. The van der Waals surface area contributed by atoms with Gasteiger partial charge in [0.15, 0.2) is 8.68 Å². The molecule has 0 atom stereocenters. The fourth-order valence-corrected chi connectivity index (χ4v) is 5.10. The van der Waals surface area contributed by atoms with E-state index in [1.807, 2.05) is 0 Å². The lowest BCUT2D eigenvalue weighted by Crippen LogP contribution is -2.49. The van der Waals surface area contributed by atoms with Gasteiger partial charge in [-0.25, -0.2) is 0 Å². The number of nitriles is 1. The summed E-state index contributed by atoms with van der Waals surface area (Å²) in [6.45, 7) is 2.13. The largest absolute Gasteiger partial charge is 0.337 e. The van der Waals surface area contributed by atoms with Crippen LogP contribution in [0.3, 0.4) is 0 Å². The van der Waals surface area contributed by atoms with Crippen molar-refractivity contribution in [2.45, 2.75) is 59.7 Å². The van der Waals surface area contributed by atoms with Gasteiger partial charge in [-0.3, -0.25) is 4.79 Å². The zero-order valence-electron chi connectivity index (χ0n) is 12.6. The van der Waals surface area contributed by atoms with Gasteiger partial charge in [-0.2, -0.15) is 5.26 Å². The normalized spacial score (nSPS) is 16.9. The number of rotatable bonds is 7. The molecule has 1 N–H and O–H groups in total. The Kier molecular flexibility index (Phi) is 6.99. The number of nitrogens with one attached hydrogen (secondary N) is 1. The highest BCUT2D eigenvalue weighted by molar-refractivity contribution is 8.03. The molecule has 1 amide bonds. The first kappa shape index (κ1) is 17.6. The molecule has 1 aromatic heterocycles. The molecular formula is C14H20N4OS3. The number of hydrogen-bond donors (Lipinski definition) is 1. The minimum absolute atomic E-state index is 0.0913. The topological polar surface area (TPSA) is 78.7 Å². The highest BCUT2D eigenvalue weighted by Crippen LogP contribution is 2.30. The molecule has 2 rings (SSSR count). The molecule has 1 aliphatic carbocycles. The van der Waals surface area contributed by atoms with Crippen molar-refractivity contribution in [1.82, 2.24) is 15.5 Å². The Hall–Kier alpha value is -0.780. The number of carbonyl (C=O) groups is 1. The van der Waals surface area contributed by atoms with Crippen LogP contribution in [-0.2, 0) is 4.79 Å². The summed E-state index contributed by atoms with van der Waals surface area (Å²) in [6, 6.07) is 2.30. The van der Waals surface area contributed by atoms with Crippen molar-refractivity contribution in [3.63, 3.8) is 0 Å². The summed E-state index contributed by atoms with van der Waals surface area (Å²) in [7, 11) is 0. The van der Waals surface area contributed by atoms with E-state index in [1.54, 1.807) is 11.8 Å². The smallest absolute Gasteiger partial charge is 0.231 e. The fraction of sp³-hybridized carbons (Fsp3) is 0.714. The third-order valence-electron chi connectivity index (χ3n) is 3.44. The number of hydrogen-bond acceptors (Lipinski definition) is 7. The predicted molar refractivity (Wildman–Crippen MR) is 91.2 cm³/mol. The first-order valence-electron chi connectivity index (χ1n) is 7.49. The average Bonchev–Trinajstić information content (AvgIpc) is 3.00. The van der Waals surface area contributed by atoms with Crippen LogP contribution in [0.25, 0.3) is 0 Å². The summed E-state index contributed by atoms with van der Waals surface area (Å²) in [5, 5.41) is 20.5. The van der Waals surface area contributed by atoms with Crippen LogP contribution in [0, 0.1) is 11.3 Å². The summed E-state index contributed by atoms with van der Waals surface area (Å²) >= 11 is 4.61. The number of aromatic nitrogens is 2. The van der Waals surface area contributed by atoms with E-state index in [-0.39, 0.29) is 11.7 Å². The van der Waals surface area contributed by atoms with Crippen LogP contribution in [-0.4, -0.2) is 33.1 Å². The Bertz CT molecular complexity index is 534. The van der Waals surface area contributed by atoms with E-state index in [0.717, 1.165) is 53.0 Å². The Labute approximate surface area is 143 Å². The van der Waals surface area contributed by atoms with Gasteiger partial charge in [0.25, 0.3) is 0 Å². The average molecular weight is 357 g/mol. The van der Waals surface area contributed by atoms with Crippen LogP contribution in [0.5, 0.6) is 0 Å². The summed E-state index contributed by atoms with van der Waals surface area (Å²) < 4.78 is 1.76. The van der Waals surface area contributed by atoms with Gasteiger partial charge < -0.3 is 5.32 Å². The Morgan fingerprint density at radius 1 is 1.32 bits per heavy atom. The van der Waals surface area contributed by atoms with Crippen molar-refractivity contribution in [2.75, 3.05) is 11.5 Å². The van der Waals surface area contributed by atoms with E-state index in [2.05, 4.69) is 28.5 Å². The Morgan fingerprint density at radius 3 is 2.64 bits per heavy atom. The second kappa shape index (κ2) is 8.75. The monoisotopic (exact) mass is 356 g/mol. The number of nitrogens with zero attached hydrogens (tertiary/aromatic N) is 3. The summed E-state index contributed by atoms with van der Waals surface area (Å²) in [5.74, 6) is 1.23. The summed E-state index contributed by atoms with van der Waals surface area (Å²) in [5.41, 5.74) is -0.654. The minimum atomic E-state index is -0.654. The maximum atomic E-state index is 12.1. The standard InChI is InChI=1S/C14H20N4OS3/c1-2-8-20-12-17-18-13(22-12)21-9-11(19)16-14(10-15)6-4-3-5-7-14/h2-9H2,1H3,(H,16,19). The van der Waals surface area contributed by atoms with E-state index in [9.17, 15) is 10.1 Å². The van der Waals surface area contributed by atoms with Crippen molar-refractivity contribution in [1.29, 1.82) is 5.26 Å². The molecule has 0 bridgehead atoms. The van der Waals surface area contributed by atoms with Gasteiger partial charge in [0, 0.05) is 5.75 Å². The maximum Gasteiger partial charge on any atom is 0.231 e. The van der Waals surface area contributed by atoms with Gasteiger partial charge in [0.2, 0.25) is 5.91 Å². The third-order valence-corrected chi connectivity index (χ3v) is 6.84. The van der Waals surface area contributed by atoms with Gasteiger partial charge >= 0.3 is 0 Å². The molecule has 120 valence electrons. The van der Waals surface area contributed by atoms with E-state index in [1.165, 1.54) is 23.1 Å². The van der Waals surface area contributed by atoms with Crippen LogP contribution < -0.4 is 5.32 Å². The highest BCUT2D eigenvalue weighted by Gasteiger charge is 2.33. The first-order chi connectivity index (χ1) is 10.7. The lowest BCUT2D eigenvalue weighted by molar-refractivity contribution is -0.120. The zero-order valence-corrected chi connectivity index (χ0v) is 15.1. The van der Waals surface area contributed by atoms with Crippen molar-refractivity contribution in [2.24, 2.45) is 0 Å². The second-order valence-electron chi connectivity index (χ2n) is 5.27. The molecule has 1 aromatic rings. The van der Waals surface area contributed by atoms with Gasteiger partial charge in [0.05, 0.1) is 11.8 Å². The summed E-state index contributed by atoms with van der Waals surface area (Å²) in [6.07, 6.45) is 5.79. The Balaban J connectivity index is 1.79. The quantitative estimate of drug-likeness (QED) is 0.754. The first-order valence-corrected chi connectivity index (χ1v) is 10.3. The second-order valence-corrected chi connectivity index (χ2v) is 8.82. The fourth-order valence-electron chi connectivity index (χ4n) is 2.35. The third kappa shape index (κ3) is 5.14. The molecule has 1 aliphatic rings. The number of amides is 1. The molecule has 0 radical (unpaired) electrons. The molecular weight excluding hydrogens is 336 g/mol. The van der Waals surface area contributed by atoms with Crippen LogP contribution in [0.4, 0.5) is 0 Å².